The second-order valence-corrected chi connectivity index (χ2v) is 6.95. The first-order valence-electron chi connectivity index (χ1n) is 7.29. The van der Waals surface area contributed by atoms with Gasteiger partial charge in [0.2, 0.25) is 0 Å². The van der Waals surface area contributed by atoms with Crippen molar-refractivity contribution in [3.8, 4) is 16.9 Å². The standard InChI is InChI=1S/C18H14O4S/c19-23(20,21)17-11-14(10-13-8-9-22-18(13)17)16-7-3-5-12-4-1-2-6-15(12)16/h1-7,10-11H,8-9H2,(H,19,20,21). The summed E-state index contributed by atoms with van der Waals surface area (Å²) in [4.78, 5) is -0.157. The highest BCUT2D eigenvalue weighted by Gasteiger charge is 2.25. The molecule has 0 fully saturated rings. The zero-order chi connectivity index (χ0) is 16.0. The lowest BCUT2D eigenvalue weighted by Gasteiger charge is -2.11. The third-order valence-electron chi connectivity index (χ3n) is 4.13. The van der Waals surface area contributed by atoms with Gasteiger partial charge in [0.1, 0.15) is 10.6 Å². The van der Waals surface area contributed by atoms with E-state index in [1.54, 1.807) is 0 Å². The fraction of sp³-hybridized carbons (Fsp3) is 0.111. The van der Waals surface area contributed by atoms with Gasteiger partial charge in [0.15, 0.2) is 0 Å². The van der Waals surface area contributed by atoms with Crippen LogP contribution in [0, 0.1) is 0 Å². The smallest absolute Gasteiger partial charge is 0.298 e. The van der Waals surface area contributed by atoms with Crippen molar-refractivity contribution in [1.29, 1.82) is 0 Å². The van der Waals surface area contributed by atoms with Crippen molar-refractivity contribution in [2.75, 3.05) is 6.61 Å². The zero-order valence-corrected chi connectivity index (χ0v) is 13.0. The van der Waals surface area contributed by atoms with Crippen molar-refractivity contribution in [3.63, 3.8) is 0 Å². The van der Waals surface area contributed by atoms with Gasteiger partial charge in [-0.05, 0) is 39.6 Å². The predicted molar refractivity (Wildman–Crippen MR) is 88.4 cm³/mol. The van der Waals surface area contributed by atoms with Crippen LogP contribution in [0.5, 0.6) is 5.75 Å². The number of ether oxygens (including phenoxy) is 1. The third-order valence-corrected chi connectivity index (χ3v) is 4.99. The van der Waals surface area contributed by atoms with Crippen molar-refractivity contribution in [1.82, 2.24) is 0 Å². The molecule has 1 N–H and O–H groups in total. The Bertz CT molecular complexity index is 1020. The summed E-state index contributed by atoms with van der Waals surface area (Å²) >= 11 is 0. The van der Waals surface area contributed by atoms with E-state index in [0.717, 1.165) is 27.5 Å². The van der Waals surface area contributed by atoms with Gasteiger partial charge in [-0.1, -0.05) is 42.5 Å². The number of rotatable bonds is 2. The Balaban J connectivity index is 2.03. The Morgan fingerprint density at radius 1 is 1.00 bits per heavy atom. The summed E-state index contributed by atoms with van der Waals surface area (Å²) < 4.78 is 38.4. The Labute approximate surface area is 134 Å². The van der Waals surface area contributed by atoms with Crippen LogP contribution in [0.1, 0.15) is 5.56 Å². The van der Waals surface area contributed by atoms with Crippen LogP contribution in [0.15, 0.2) is 59.5 Å². The summed E-state index contributed by atoms with van der Waals surface area (Å²) in [5.74, 6) is 0.275. The Morgan fingerprint density at radius 3 is 2.61 bits per heavy atom. The number of hydrogen-bond donors (Lipinski definition) is 1. The van der Waals surface area contributed by atoms with E-state index in [0.29, 0.717) is 13.0 Å². The summed E-state index contributed by atoms with van der Waals surface area (Å²) in [5, 5.41) is 2.12. The first-order chi connectivity index (χ1) is 11.0. The van der Waals surface area contributed by atoms with Crippen molar-refractivity contribution in [2.45, 2.75) is 11.3 Å². The average Bonchev–Trinajstić information content (AvgIpc) is 3.00. The van der Waals surface area contributed by atoms with E-state index >= 15 is 0 Å². The summed E-state index contributed by atoms with van der Waals surface area (Å²) in [6.45, 7) is 0.427. The maximum absolute atomic E-state index is 11.7. The lowest BCUT2D eigenvalue weighted by atomic mass is 9.96. The molecule has 0 unspecified atom stereocenters. The normalized spacial score (nSPS) is 13.8. The van der Waals surface area contributed by atoms with Crippen molar-refractivity contribution >= 4 is 20.9 Å². The summed E-state index contributed by atoms with van der Waals surface area (Å²) in [6, 6.07) is 17.3. The lowest BCUT2D eigenvalue weighted by Crippen LogP contribution is -2.01. The second-order valence-electron chi connectivity index (χ2n) is 5.56. The van der Waals surface area contributed by atoms with Gasteiger partial charge < -0.3 is 4.74 Å². The molecule has 0 aliphatic carbocycles. The fourth-order valence-electron chi connectivity index (χ4n) is 3.10. The monoisotopic (exact) mass is 326 g/mol. The highest BCUT2D eigenvalue weighted by atomic mass is 32.2. The number of fused-ring (bicyclic) bond motifs is 2. The van der Waals surface area contributed by atoms with E-state index in [1.807, 2.05) is 48.5 Å². The van der Waals surface area contributed by atoms with Crippen molar-refractivity contribution in [3.05, 3.63) is 60.2 Å². The van der Waals surface area contributed by atoms with E-state index < -0.39 is 10.1 Å². The topological polar surface area (TPSA) is 63.6 Å². The van der Waals surface area contributed by atoms with Gasteiger partial charge in [0.05, 0.1) is 6.61 Å². The molecule has 4 nitrogen and oxygen atoms in total. The maximum atomic E-state index is 11.7. The van der Waals surface area contributed by atoms with Crippen molar-refractivity contribution < 1.29 is 17.7 Å². The van der Waals surface area contributed by atoms with Crippen LogP contribution in [-0.4, -0.2) is 19.6 Å². The first kappa shape index (κ1) is 14.2. The van der Waals surface area contributed by atoms with Crippen LogP contribution >= 0.6 is 0 Å². The van der Waals surface area contributed by atoms with Crippen LogP contribution in [0.3, 0.4) is 0 Å². The van der Waals surface area contributed by atoms with E-state index in [-0.39, 0.29) is 10.6 Å². The number of benzene rings is 3. The molecule has 1 aliphatic rings. The van der Waals surface area contributed by atoms with Gasteiger partial charge in [0.25, 0.3) is 10.1 Å². The largest absolute Gasteiger partial charge is 0.491 e. The Kier molecular flexibility index (Phi) is 3.14. The summed E-state index contributed by atoms with van der Waals surface area (Å²) in [5.41, 5.74) is 2.50. The molecule has 0 atom stereocenters. The molecule has 5 heteroatoms. The fourth-order valence-corrected chi connectivity index (χ4v) is 3.80. The predicted octanol–water partition coefficient (Wildman–Crippen LogP) is 3.69. The molecule has 0 saturated heterocycles. The minimum atomic E-state index is -4.34. The Hall–Kier alpha value is -2.37. The molecule has 0 spiro atoms. The van der Waals surface area contributed by atoms with E-state index in [1.165, 1.54) is 6.07 Å². The molecule has 0 amide bonds. The molecule has 4 rings (SSSR count). The molecule has 3 aromatic carbocycles. The Morgan fingerprint density at radius 2 is 1.78 bits per heavy atom. The third kappa shape index (κ3) is 2.38. The number of hydrogen-bond acceptors (Lipinski definition) is 3. The summed E-state index contributed by atoms with van der Waals surface area (Å²) in [7, 11) is -4.34. The molecular formula is C18H14O4S. The van der Waals surface area contributed by atoms with Crippen molar-refractivity contribution in [2.24, 2.45) is 0 Å². The maximum Gasteiger partial charge on any atom is 0.298 e. The summed E-state index contributed by atoms with van der Waals surface area (Å²) in [6.07, 6.45) is 0.635. The molecule has 0 radical (unpaired) electrons. The van der Waals surface area contributed by atoms with Gasteiger partial charge in [-0.25, -0.2) is 0 Å². The van der Waals surface area contributed by atoms with Crippen LogP contribution < -0.4 is 4.74 Å². The lowest BCUT2D eigenvalue weighted by molar-refractivity contribution is 0.346. The molecule has 0 saturated carbocycles. The van der Waals surface area contributed by atoms with Gasteiger partial charge in [-0.15, -0.1) is 0 Å². The molecular weight excluding hydrogens is 312 g/mol. The quantitative estimate of drug-likeness (QED) is 0.730. The van der Waals surface area contributed by atoms with Crippen LogP contribution in [-0.2, 0) is 16.5 Å². The van der Waals surface area contributed by atoms with E-state index in [2.05, 4.69) is 0 Å². The average molecular weight is 326 g/mol. The van der Waals surface area contributed by atoms with Crippen LogP contribution in [0.2, 0.25) is 0 Å². The van der Waals surface area contributed by atoms with Crippen LogP contribution in [0.25, 0.3) is 21.9 Å². The minimum absolute atomic E-state index is 0.157. The molecule has 116 valence electrons. The van der Waals surface area contributed by atoms with E-state index in [9.17, 15) is 13.0 Å². The van der Waals surface area contributed by atoms with Gasteiger partial charge in [-0.3, -0.25) is 4.55 Å². The van der Waals surface area contributed by atoms with Crippen LogP contribution in [0.4, 0.5) is 0 Å². The highest BCUT2D eigenvalue weighted by molar-refractivity contribution is 7.86. The first-order valence-corrected chi connectivity index (χ1v) is 8.73. The van der Waals surface area contributed by atoms with Gasteiger partial charge >= 0.3 is 0 Å². The molecule has 0 bridgehead atoms. The second kappa shape index (κ2) is 5.08. The van der Waals surface area contributed by atoms with Gasteiger partial charge in [-0.2, -0.15) is 8.42 Å². The molecule has 1 heterocycles. The SMILES string of the molecule is O=S(=O)(O)c1cc(-c2cccc3ccccc23)cc2c1OCC2. The molecule has 0 aromatic heterocycles. The molecule has 1 aliphatic heterocycles. The van der Waals surface area contributed by atoms with E-state index in [4.69, 9.17) is 4.74 Å². The molecule has 23 heavy (non-hydrogen) atoms. The zero-order valence-electron chi connectivity index (χ0n) is 12.2. The highest BCUT2D eigenvalue weighted by Crippen LogP contribution is 2.38. The molecule has 3 aromatic rings. The van der Waals surface area contributed by atoms with Gasteiger partial charge in [0, 0.05) is 6.42 Å². The minimum Gasteiger partial charge on any atom is -0.491 e.